The van der Waals surface area contributed by atoms with Crippen LogP contribution in [0.4, 0.5) is 0 Å². The molecule has 1 aromatic rings. The van der Waals surface area contributed by atoms with E-state index < -0.39 is 5.97 Å². The molecule has 14 heavy (non-hydrogen) atoms. The molecule has 3 heteroatoms. The number of carboxylic acid groups (broad SMARTS) is 1. The van der Waals surface area contributed by atoms with Crippen LogP contribution in [0.1, 0.15) is 5.56 Å². The molecule has 3 nitrogen and oxygen atoms in total. The number of aromatic hydroxyl groups is 1. The molecule has 2 N–H and O–H groups in total. The second-order valence-corrected chi connectivity index (χ2v) is 2.65. The van der Waals surface area contributed by atoms with Crippen LogP contribution in [-0.4, -0.2) is 16.2 Å². The lowest BCUT2D eigenvalue weighted by Crippen LogP contribution is -1.84. The number of hydrogen-bond acceptors (Lipinski definition) is 2. The Morgan fingerprint density at radius 2 is 1.79 bits per heavy atom. The molecule has 0 heterocycles. The minimum Gasteiger partial charge on any atom is -0.508 e. The summed E-state index contributed by atoms with van der Waals surface area (Å²) < 4.78 is 0. The molecule has 72 valence electrons. The Morgan fingerprint density at radius 1 is 1.14 bits per heavy atom. The molecule has 0 radical (unpaired) electrons. The van der Waals surface area contributed by atoms with Crippen LogP contribution in [-0.2, 0) is 4.79 Å². The number of allylic oxidation sites excluding steroid dienone is 2. The van der Waals surface area contributed by atoms with Crippen molar-refractivity contribution < 1.29 is 15.0 Å². The predicted molar refractivity (Wildman–Crippen MR) is 53.9 cm³/mol. The predicted octanol–water partition coefficient (Wildman–Crippen LogP) is 2.05. The van der Waals surface area contributed by atoms with Gasteiger partial charge in [-0.15, -0.1) is 0 Å². The summed E-state index contributed by atoms with van der Waals surface area (Å²) in [6.07, 6.45) is 5.87. The molecule has 0 aromatic heterocycles. The molecule has 0 spiro atoms. The molecule has 0 saturated carbocycles. The smallest absolute Gasteiger partial charge is 0.328 e. The third-order valence-corrected chi connectivity index (χ3v) is 1.53. The molecule has 0 amide bonds. The van der Waals surface area contributed by atoms with Crippen molar-refractivity contribution in [1.29, 1.82) is 0 Å². The average Bonchev–Trinajstić information content (AvgIpc) is 2.15. The zero-order valence-electron chi connectivity index (χ0n) is 7.42. The SMILES string of the molecule is O=C(O)C=C/C=C/c1ccc(O)cc1. The molecule has 0 saturated heterocycles. The molecular formula is C11H10O3. The summed E-state index contributed by atoms with van der Waals surface area (Å²) in [6.45, 7) is 0. The molecule has 0 aliphatic carbocycles. The quantitative estimate of drug-likeness (QED) is 0.566. The highest BCUT2D eigenvalue weighted by Gasteiger charge is 1.86. The Morgan fingerprint density at radius 3 is 2.36 bits per heavy atom. The van der Waals surface area contributed by atoms with Crippen LogP contribution in [0.15, 0.2) is 42.5 Å². The molecule has 0 unspecified atom stereocenters. The Hall–Kier alpha value is -2.03. The van der Waals surface area contributed by atoms with Crippen molar-refractivity contribution in [3.8, 4) is 5.75 Å². The van der Waals surface area contributed by atoms with Gasteiger partial charge in [0.2, 0.25) is 0 Å². The summed E-state index contributed by atoms with van der Waals surface area (Å²) in [7, 11) is 0. The number of carboxylic acids is 1. The van der Waals surface area contributed by atoms with Gasteiger partial charge in [-0.1, -0.05) is 30.4 Å². The second-order valence-electron chi connectivity index (χ2n) is 2.65. The first kappa shape index (κ1) is 10.1. The van der Waals surface area contributed by atoms with Crippen LogP contribution in [0.5, 0.6) is 5.75 Å². The number of benzene rings is 1. The van der Waals surface area contributed by atoms with E-state index in [0.29, 0.717) is 0 Å². The van der Waals surface area contributed by atoms with E-state index in [1.54, 1.807) is 36.4 Å². The Balaban J connectivity index is 2.60. The Kier molecular flexibility index (Phi) is 3.49. The summed E-state index contributed by atoms with van der Waals surface area (Å²) >= 11 is 0. The van der Waals surface area contributed by atoms with Gasteiger partial charge < -0.3 is 10.2 Å². The number of phenolic OH excluding ortho intramolecular Hbond substituents is 1. The third-order valence-electron chi connectivity index (χ3n) is 1.53. The molecule has 0 fully saturated rings. The van der Waals surface area contributed by atoms with Crippen molar-refractivity contribution in [1.82, 2.24) is 0 Å². The van der Waals surface area contributed by atoms with Crippen molar-refractivity contribution in [2.45, 2.75) is 0 Å². The van der Waals surface area contributed by atoms with Crippen molar-refractivity contribution in [2.24, 2.45) is 0 Å². The van der Waals surface area contributed by atoms with Gasteiger partial charge in [-0.2, -0.15) is 0 Å². The normalized spacial score (nSPS) is 11.1. The van der Waals surface area contributed by atoms with Gasteiger partial charge in [0.1, 0.15) is 5.75 Å². The second kappa shape index (κ2) is 4.87. The first-order valence-electron chi connectivity index (χ1n) is 4.05. The zero-order chi connectivity index (χ0) is 10.4. The number of aliphatic carboxylic acids is 1. The van der Waals surface area contributed by atoms with E-state index >= 15 is 0 Å². The molecular weight excluding hydrogens is 180 g/mol. The van der Waals surface area contributed by atoms with Gasteiger partial charge in [0.15, 0.2) is 0 Å². The Labute approximate surface area is 81.6 Å². The van der Waals surface area contributed by atoms with E-state index in [2.05, 4.69) is 0 Å². The maximum absolute atomic E-state index is 10.1. The van der Waals surface area contributed by atoms with Gasteiger partial charge in [0, 0.05) is 6.08 Å². The Bertz CT molecular complexity index is 361. The van der Waals surface area contributed by atoms with Gasteiger partial charge in [0.05, 0.1) is 0 Å². The fourth-order valence-electron chi connectivity index (χ4n) is 0.890. The standard InChI is InChI=1S/C11H10O3/c12-10-7-5-9(6-8-10)3-1-2-4-11(13)14/h1-8,12H,(H,13,14)/b3-1+,4-2?. The minimum absolute atomic E-state index is 0.211. The maximum Gasteiger partial charge on any atom is 0.328 e. The highest BCUT2D eigenvalue weighted by molar-refractivity contribution is 5.80. The summed E-state index contributed by atoms with van der Waals surface area (Å²) in [6, 6.07) is 6.61. The minimum atomic E-state index is -0.972. The van der Waals surface area contributed by atoms with Crippen LogP contribution >= 0.6 is 0 Å². The van der Waals surface area contributed by atoms with Crippen LogP contribution in [0.2, 0.25) is 0 Å². The van der Waals surface area contributed by atoms with Crippen LogP contribution in [0, 0.1) is 0 Å². The van der Waals surface area contributed by atoms with Gasteiger partial charge in [-0.05, 0) is 17.7 Å². The first-order valence-corrected chi connectivity index (χ1v) is 4.05. The van der Waals surface area contributed by atoms with Crippen LogP contribution in [0.25, 0.3) is 6.08 Å². The average molecular weight is 190 g/mol. The van der Waals surface area contributed by atoms with Gasteiger partial charge >= 0.3 is 5.97 Å². The highest BCUT2D eigenvalue weighted by Crippen LogP contribution is 2.10. The summed E-state index contributed by atoms with van der Waals surface area (Å²) in [5.41, 5.74) is 0.901. The summed E-state index contributed by atoms with van der Waals surface area (Å²) in [5.74, 6) is -0.761. The number of carbonyl (C=O) groups is 1. The maximum atomic E-state index is 10.1. The fourth-order valence-corrected chi connectivity index (χ4v) is 0.890. The molecule has 1 rings (SSSR count). The molecule has 1 aromatic carbocycles. The van der Waals surface area contributed by atoms with E-state index in [1.807, 2.05) is 0 Å². The van der Waals surface area contributed by atoms with E-state index in [-0.39, 0.29) is 5.75 Å². The van der Waals surface area contributed by atoms with Crippen molar-refractivity contribution in [2.75, 3.05) is 0 Å². The largest absolute Gasteiger partial charge is 0.508 e. The van der Waals surface area contributed by atoms with Gasteiger partial charge in [-0.25, -0.2) is 4.79 Å². The number of hydrogen-bond donors (Lipinski definition) is 2. The third kappa shape index (κ3) is 3.58. The lowest BCUT2D eigenvalue weighted by molar-refractivity contribution is -0.131. The van der Waals surface area contributed by atoms with E-state index in [0.717, 1.165) is 11.6 Å². The summed E-state index contributed by atoms with van der Waals surface area (Å²) in [4.78, 5) is 10.1. The van der Waals surface area contributed by atoms with Crippen LogP contribution in [0.3, 0.4) is 0 Å². The monoisotopic (exact) mass is 190 g/mol. The molecule has 0 atom stereocenters. The van der Waals surface area contributed by atoms with E-state index in [9.17, 15) is 4.79 Å². The lowest BCUT2D eigenvalue weighted by Gasteiger charge is -1.92. The molecule has 0 aliphatic rings. The topological polar surface area (TPSA) is 57.5 Å². The van der Waals surface area contributed by atoms with Gasteiger partial charge in [-0.3, -0.25) is 0 Å². The molecule has 0 bridgehead atoms. The van der Waals surface area contributed by atoms with Crippen molar-refractivity contribution >= 4 is 12.0 Å². The van der Waals surface area contributed by atoms with Crippen molar-refractivity contribution in [3.05, 3.63) is 48.1 Å². The first-order chi connectivity index (χ1) is 6.68. The fraction of sp³-hybridized carbons (Fsp3) is 0. The van der Waals surface area contributed by atoms with Crippen LogP contribution < -0.4 is 0 Å². The number of phenols is 1. The lowest BCUT2D eigenvalue weighted by atomic mass is 10.2. The summed E-state index contributed by atoms with van der Waals surface area (Å²) in [5, 5.41) is 17.3. The zero-order valence-corrected chi connectivity index (χ0v) is 7.42. The molecule has 0 aliphatic heterocycles. The van der Waals surface area contributed by atoms with Gasteiger partial charge in [0.25, 0.3) is 0 Å². The highest BCUT2D eigenvalue weighted by atomic mass is 16.4. The number of rotatable bonds is 3. The van der Waals surface area contributed by atoms with E-state index in [4.69, 9.17) is 10.2 Å². The van der Waals surface area contributed by atoms with Crippen molar-refractivity contribution in [3.63, 3.8) is 0 Å². The van der Waals surface area contributed by atoms with E-state index in [1.165, 1.54) is 6.08 Å².